The van der Waals surface area contributed by atoms with Crippen LogP contribution in [0.15, 0.2) is 15.0 Å². The number of carbonyl (C=O) groups is 6. The Morgan fingerprint density at radius 3 is 1.20 bits per heavy atom. The highest BCUT2D eigenvalue weighted by atomic mass is 16.3. The Kier molecular flexibility index (Phi) is 21.3. The van der Waals surface area contributed by atoms with Crippen LogP contribution >= 0.6 is 0 Å². The standard InChI is InChI=1S/C28H55N15O7/c1-14(2)20(39-15(3)45)25(50)43-19(13-44)24(49)42-18(9-6-12-38-28(34)35)23(48)41-17(8-5-11-37-27(32)33)22(47)40-16(21(29)46)7-4-10-36-26(30)31/h14,16-20,44H,4-13H2,1-3H3,(H2,29,46)(H,39,45)(H,40,47)(H,41,48)(H,42,49)(H,43,50)(H4,30,31,36)(H4,32,33,37)(H4,34,35,38)/t16-,17-,18-,19-,20?/m0/s1. The van der Waals surface area contributed by atoms with E-state index in [0.717, 1.165) is 0 Å². The predicted octanol–water partition coefficient (Wildman–Crippen LogP) is -6.28. The Labute approximate surface area is 290 Å². The van der Waals surface area contributed by atoms with E-state index in [4.69, 9.17) is 40.1 Å². The van der Waals surface area contributed by atoms with Gasteiger partial charge in [0.05, 0.1) is 6.61 Å². The summed E-state index contributed by atoms with van der Waals surface area (Å²) >= 11 is 0. The van der Waals surface area contributed by atoms with Crippen molar-refractivity contribution in [2.75, 3.05) is 26.2 Å². The van der Waals surface area contributed by atoms with E-state index >= 15 is 0 Å². The molecule has 0 bridgehead atoms. The summed E-state index contributed by atoms with van der Waals surface area (Å²) in [6, 6.07) is -6.24. The van der Waals surface area contributed by atoms with Gasteiger partial charge in [0.25, 0.3) is 0 Å². The van der Waals surface area contributed by atoms with E-state index in [1.165, 1.54) is 6.92 Å². The zero-order chi connectivity index (χ0) is 38.4. The van der Waals surface area contributed by atoms with Crippen LogP contribution in [0, 0.1) is 5.92 Å². The molecule has 22 heteroatoms. The SMILES string of the molecule is CC(=O)NC(C(=O)N[C@@H](CO)C(=O)N[C@@H](CCCN=C(N)N)C(=O)N[C@@H](CCCN=C(N)N)C(=O)N[C@@H](CCCN=C(N)N)C(N)=O)C(C)C. The summed E-state index contributed by atoms with van der Waals surface area (Å²) in [4.78, 5) is 88.4. The van der Waals surface area contributed by atoms with Gasteiger partial charge in [0.2, 0.25) is 35.4 Å². The van der Waals surface area contributed by atoms with E-state index < -0.39 is 72.3 Å². The summed E-state index contributed by atoms with van der Waals surface area (Å²) in [6.07, 6.45) is 0.737. The maximum atomic E-state index is 13.6. The topological polar surface area (TPSA) is 402 Å². The lowest BCUT2D eigenvalue weighted by Crippen LogP contribution is -2.60. The number of aliphatic imine (C=N–C) groups is 3. The second-order valence-corrected chi connectivity index (χ2v) is 11.6. The maximum Gasteiger partial charge on any atom is 0.245 e. The summed E-state index contributed by atoms with van der Waals surface area (Å²) in [6.45, 7) is 4.08. The first kappa shape index (κ1) is 44.6. The van der Waals surface area contributed by atoms with Crippen LogP contribution in [0.4, 0.5) is 0 Å². The van der Waals surface area contributed by atoms with Crippen LogP contribution in [0.25, 0.3) is 0 Å². The highest BCUT2D eigenvalue weighted by Crippen LogP contribution is 2.07. The summed E-state index contributed by atoms with van der Waals surface area (Å²) in [5.41, 5.74) is 37.7. The van der Waals surface area contributed by atoms with E-state index in [2.05, 4.69) is 41.6 Å². The third kappa shape index (κ3) is 19.4. The summed E-state index contributed by atoms with van der Waals surface area (Å²) in [7, 11) is 0. The molecule has 0 radical (unpaired) electrons. The van der Waals surface area contributed by atoms with Crippen LogP contribution in [0.3, 0.4) is 0 Å². The van der Waals surface area contributed by atoms with Crippen molar-refractivity contribution >= 4 is 53.3 Å². The number of amides is 6. The molecule has 0 aromatic rings. The number of aliphatic hydroxyl groups is 1. The number of guanidine groups is 3. The second kappa shape index (κ2) is 23.8. The van der Waals surface area contributed by atoms with E-state index in [1.807, 2.05) is 0 Å². The minimum absolute atomic E-state index is 0.00242. The highest BCUT2D eigenvalue weighted by Gasteiger charge is 2.32. The van der Waals surface area contributed by atoms with Gasteiger partial charge in [0.15, 0.2) is 17.9 Å². The van der Waals surface area contributed by atoms with Gasteiger partial charge in [-0.3, -0.25) is 43.7 Å². The van der Waals surface area contributed by atoms with Crippen molar-refractivity contribution in [3.63, 3.8) is 0 Å². The molecule has 5 atom stereocenters. The number of carbonyl (C=O) groups excluding carboxylic acids is 6. The predicted molar refractivity (Wildman–Crippen MR) is 186 cm³/mol. The Morgan fingerprint density at radius 2 is 0.880 bits per heavy atom. The van der Waals surface area contributed by atoms with Crippen LogP contribution in [-0.4, -0.2) is 115 Å². The fourth-order valence-corrected chi connectivity index (χ4v) is 4.36. The average molecular weight is 714 g/mol. The molecule has 0 aliphatic heterocycles. The van der Waals surface area contributed by atoms with Gasteiger partial charge >= 0.3 is 0 Å². The molecule has 50 heavy (non-hydrogen) atoms. The summed E-state index contributed by atoms with van der Waals surface area (Å²) < 4.78 is 0. The Morgan fingerprint density at radius 1 is 0.540 bits per heavy atom. The van der Waals surface area contributed by atoms with Crippen molar-refractivity contribution in [1.82, 2.24) is 26.6 Å². The van der Waals surface area contributed by atoms with E-state index in [9.17, 15) is 33.9 Å². The van der Waals surface area contributed by atoms with Crippen LogP contribution in [0.5, 0.6) is 0 Å². The van der Waals surface area contributed by atoms with Crippen LogP contribution < -0.4 is 66.7 Å². The normalized spacial score (nSPS) is 13.6. The molecule has 0 aromatic heterocycles. The zero-order valence-corrected chi connectivity index (χ0v) is 28.8. The molecular weight excluding hydrogens is 658 g/mol. The first-order valence-electron chi connectivity index (χ1n) is 15.9. The molecule has 1 unspecified atom stereocenters. The van der Waals surface area contributed by atoms with Gasteiger partial charge in [-0.05, 0) is 44.4 Å². The van der Waals surface area contributed by atoms with Gasteiger partial charge in [-0.1, -0.05) is 13.8 Å². The van der Waals surface area contributed by atoms with Crippen molar-refractivity contribution in [1.29, 1.82) is 0 Å². The van der Waals surface area contributed by atoms with E-state index in [1.54, 1.807) is 13.8 Å². The lowest BCUT2D eigenvalue weighted by molar-refractivity contribution is -0.136. The number of primary amides is 1. The van der Waals surface area contributed by atoms with Gasteiger partial charge in [-0.15, -0.1) is 0 Å². The first-order valence-corrected chi connectivity index (χ1v) is 15.9. The first-order chi connectivity index (χ1) is 23.4. The van der Waals surface area contributed by atoms with Crippen molar-refractivity contribution < 1.29 is 33.9 Å². The lowest BCUT2D eigenvalue weighted by Gasteiger charge is -2.27. The van der Waals surface area contributed by atoms with Crippen LogP contribution in [0.1, 0.15) is 59.3 Å². The van der Waals surface area contributed by atoms with Gasteiger partial charge in [-0.2, -0.15) is 0 Å². The minimum atomic E-state index is -1.51. The average Bonchev–Trinajstić information content (AvgIpc) is 3.01. The molecule has 0 saturated heterocycles. The van der Waals surface area contributed by atoms with E-state index in [-0.39, 0.29) is 75.5 Å². The Hall–Kier alpha value is -5.41. The highest BCUT2D eigenvalue weighted by molar-refractivity contribution is 5.96. The van der Waals surface area contributed by atoms with Crippen molar-refractivity contribution in [2.24, 2.45) is 61.0 Å². The number of nitrogens with two attached hydrogens (primary N) is 7. The molecule has 0 fully saturated rings. The molecule has 0 aliphatic carbocycles. The van der Waals surface area contributed by atoms with Gasteiger partial charge in [-0.25, -0.2) is 0 Å². The Bertz CT molecular complexity index is 1230. The fraction of sp³-hybridized carbons (Fsp3) is 0.679. The number of nitrogens with zero attached hydrogens (tertiary/aromatic N) is 3. The van der Waals surface area contributed by atoms with Crippen LogP contribution in [0.2, 0.25) is 0 Å². The molecule has 0 rings (SSSR count). The van der Waals surface area contributed by atoms with Crippen molar-refractivity contribution in [3.8, 4) is 0 Å². The Balaban J connectivity index is 6.14. The molecule has 22 nitrogen and oxygen atoms in total. The monoisotopic (exact) mass is 713 g/mol. The van der Waals surface area contributed by atoms with Crippen molar-refractivity contribution in [2.45, 2.75) is 89.5 Å². The lowest BCUT2D eigenvalue weighted by atomic mass is 10.0. The number of hydrogen-bond donors (Lipinski definition) is 13. The number of hydrogen-bond acceptors (Lipinski definition) is 10. The smallest absolute Gasteiger partial charge is 0.245 e. The van der Waals surface area contributed by atoms with E-state index in [0.29, 0.717) is 6.42 Å². The third-order valence-electron chi connectivity index (χ3n) is 6.89. The quantitative estimate of drug-likeness (QED) is 0.0252. The maximum absolute atomic E-state index is 13.6. The van der Waals surface area contributed by atoms with Crippen molar-refractivity contribution in [3.05, 3.63) is 0 Å². The summed E-state index contributed by atoms with van der Waals surface area (Å²) in [5.74, 6) is -5.47. The molecule has 20 N–H and O–H groups in total. The summed E-state index contributed by atoms with van der Waals surface area (Å²) in [5, 5.41) is 22.4. The molecule has 0 aliphatic rings. The molecule has 0 saturated carbocycles. The van der Waals surface area contributed by atoms with Gasteiger partial charge in [0.1, 0.15) is 30.2 Å². The van der Waals surface area contributed by atoms with Gasteiger partial charge < -0.3 is 71.8 Å². The van der Waals surface area contributed by atoms with Gasteiger partial charge in [0, 0.05) is 26.6 Å². The molecule has 0 aromatic carbocycles. The number of rotatable bonds is 24. The molecule has 0 heterocycles. The second-order valence-electron chi connectivity index (χ2n) is 11.6. The van der Waals surface area contributed by atoms with Crippen LogP contribution in [-0.2, 0) is 28.8 Å². The minimum Gasteiger partial charge on any atom is -0.394 e. The zero-order valence-electron chi connectivity index (χ0n) is 28.8. The number of nitrogens with one attached hydrogen (secondary N) is 5. The molecular formula is C28H55N15O7. The fourth-order valence-electron chi connectivity index (χ4n) is 4.36. The third-order valence-corrected chi connectivity index (χ3v) is 6.89. The molecule has 284 valence electrons. The number of aliphatic hydroxyl groups excluding tert-OH is 1. The molecule has 6 amide bonds. The molecule has 0 spiro atoms. The largest absolute Gasteiger partial charge is 0.394 e.